The van der Waals surface area contributed by atoms with Crippen molar-refractivity contribution in [1.82, 2.24) is 15.1 Å². The summed E-state index contributed by atoms with van der Waals surface area (Å²) in [6, 6.07) is 11.8. The highest BCUT2D eigenvalue weighted by atomic mass is 32.1. The van der Waals surface area contributed by atoms with Gasteiger partial charge in [0.2, 0.25) is 0 Å². The highest BCUT2D eigenvalue weighted by molar-refractivity contribution is 7.10. The molecule has 0 fully saturated rings. The van der Waals surface area contributed by atoms with Gasteiger partial charge in [-0.3, -0.25) is 9.89 Å². The molecule has 0 saturated heterocycles. The number of hydrogen-bond acceptors (Lipinski definition) is 4. The van der Waals surface area contributed by atoms with Gasteiger partial charge in [-0.05, 0) is 41.6 Å². The standard InChI is InChI=1S/C20H21N3O2S/c1-12(2)11-23-19(15-5-4-10-26-15)16-17(21-22-18(16)20(23)24)13-6-8-14(25-3)9-7-13/h4-10,12,19H,11H2,1-3H3,(H,21,22). The van der Waals surface area contributed by atoms with Crippen LogP contribution >= 0.6 is 11.3 Å². The zero-order valence-electron chi connectivity index (χ0n) is 15.0. The van der Waals surface area contributed by atoms with Crippen molar-refractivity contribution in [3.63, 3.8) is 0 Å². The third kappa shape index (κ3) is 2.70. The number of hydrogen-bond donors (Lipinski definition) is 1. The number of nitrogens with one attached hydrogen (secondary N) is 1. The van der Waals surface area contributed by atoms with Gasteiger partial charge in [-0.1, -0.05) is 19.9 Å². The number of rotatable bonds is 5. The number of H-pyrrole nitrogens is 1. The van der Waals surface area contributed by atoms with Crippen LogP contribution in [0.4, 0.5) is 0 Å². The first kappa shape index (κ1) is 16.8. The van der Waals surface area contributed by atoms with Gasteiger partial charge >= 0.3 is 0 Å². The number of aromatic nitrogens is 2. The molecule has 1 aromatic carbocycles. The number of fused-ring (bicyclic) bond motifs is 1. The molecule has 1 aliphatic rings. The minimum absolute atomic E-state index is 0.0272. The molecule has 1 unspecified atom stereocenters. The number of carbonyl (C=O) groups excluding carboxylic acids is 1. The molecular formula is C20H21N3O2S. The van der Waals surface area contributed by atoms with Crippen molar-refractivity contribution in [3.05, 3.63) is 57.9 Å². The van der Waals surface area contributed by atoms with Crippen LogP contribution in [-0.4, -0.2) is 34.7 Å². The summed E-state index contributed by atoms with van der Waals surface area (Å²) in [7, 11) is 1.65. The lowest BCUT2D eigenvalue weighted by atomic mass is 10.0. The molecule has 1 atom stereocenters. The Morgan fingerprint density at radius 3 is 2.65 bits per heavy atom. The average molecular weight is 367 g/mol. The summed E-state index contributed by atoms with van der Waals surface area (Å²) in [4.78, 5) is 16.1. The van der Waals surface area contributed by atoms with E-state index in [1.165, 1.54) is 0 Å². The predicted octanol–water partition coefficient (Wildman–Crippen LogP) is 4.35. The fraction of sp³-hybridized carbons (Fsp3) is 0.300. The first-order chi connectivity index (χ1) is 12.6. The van der Waals surface area contributed by atoms with Gasteiger partial charge in [0.1, 0.15) is 11.4 Å². The van der Waals surface area contributed by atoms with Crippen LogP contribution in [0.3, 0.4) is 0 Å². The molecule has 2 aromatic heterocycles. The fourth-order valence-corrected chi connectivity index (χ4v) is 4.34. The number of aromatic amines is 1. The molecule has 3 heterocycles. The van der Waals surface area contributed by atoms with Crippen LogP contribution in [0.5, 0.6) is 5.75 Å². The number of nitrogens with zero attached hydrogens (tertiary/aromatic N) is 2. The van der Waals surface area contributed by atoms with Gasteiger partial charge in [-0.2, -0.15) is 5.10 Å². The van der Waals surface area contributed by atoms with Gasteiger partial charge in [-0.15, -0.1) is 11.3 Å². The Hall–Kier alpha value is -2.60. The van der Waals surface area contributed by atoms with E-state index in [4.69, 9.17) is 4.74 Å². The number of methoxy groups -OCH3 is 1. The molecule has 4 rings (SSSR count). The average Bonchev–Trinajstić information content (AvgIpc) is 3.35. The van der Waals surface area contributed by atoms with E-state index in [1.807, 2.05) is 35.2 Å². The Balaban J connectivity index is 1.83. The van der Waals surface area contributed by atoms with Crippen LogP contribution in [0.15, 0.2) is 41.8 Å². The molecule has 0 aliphatic carbocycles. The molecule has 0 saturated carbocycles. The Morgan fingerprint density at radius 2 is 2.04 bits per heavy atom. The van der Waals surface area contributed by atoms with E-state index in [0.29, 0.717) is 18.2 Å². The monoisotopic (exact) mass is 367 g/mol. The van der Waals surface area contributed by atoms with Gasteiger partial charge in [-0.25, -0.2) is 0 Å². The Morgan fingerprint density at radius 1 is 1.27 bits per heavy atom. The third-order valence-electron chi connectivity index (χ3n) is 4.60. The van der Waals surface area contributed by atoms with Crippen molar-refractivity contribution >= 4 is 17.2 Å². The summed E-state index contributed by atoms with van der Waals surface area (Å²) in [5.74, 6) is 1.22. The molecule has 1 aliphatic heterocycles. The van der Waals surface area contributed by atoms with Crippen LogP contribution < -0.4 is 4.74 Å². The second-order valence-corrected chi connectivity index (χ2v) is 7.84. The summed E-state index contributed by atoms with van der Waals surface area (Å²) in [5, 5.41) is 9.52. The fourth-order valence-electron chi connectivity index (χ4n) is 3.49. The van der Waals surface area contributed by atoms with Crippen LogP contribution in [0, 0.1) is 5.92 Å². The van der Waals surface area contributed by atoms with Gasteiger partial charge in [0, 0.05) is 22.5 Å². The molecule has 1 amide bonds. The quantitative estimate of drug-likeness (QED) is 0.729. The van der Waals surface area contributed by atoms with Crippen LogP contribution in [0.1, 0.15) is 40.8 Å². The maximum absolute atomic E-state index is 13.0. The molecule has 0 spiro atoms. The number of thiophene rings is 1. The minimum atomic E-state index is -0.0873. The smallest absolute Gasteiger partial charge is 0.273 e. The van der Waals surface area contributed by atoms with E-state index in [9.17, 15) is 4.79 Å². The molecule has 26 heavy (non-hydrogen) atoms. The molecule has 134 valence electrons. The zero-order chi connectivity index (χ0) is 18.3. The second-order valence-electron chi connectivity index (χ2n) is 6.86. The molecule has 1 N–H and O–H groups in total. The molecule has 0 radical (unpaired) electrons. The van der Waals surface area contributed by atoms with Crippen LogP contribution in [-0.2, 0) is 0 Å². The Bertz CT molecular complexity index is 913. The largest absolute Gasteiger partial charge is 0.497 e. The van der Waals surface area contributed by atoms with E-state index in [-0.39, 0.29) is 11.9 Å². The summed E-state index contributed by atoms with van der Waals surface area (Å²) >= 11 is 1.67. The van der Waals surface area contributed by atoms with Crippen molar-refractivity contribution in [3.8, 4) is 17.0 Å². The predicted molar refractivity (Wildman–Crippen MR) is 103 cm³/mol. The lowest BCUT2D eigenvalue weighted by Crippen LogP contribution is -2.32. The summed E-state index contributed by atoms with van der Waals surface area (Å²) < 4.78 is 5.25. The lowest BCUT2D eigenvalue weighted by Gasteiger charge is -2.26. The number of amides is 1. The molecule has 6 heteroatoms. The van der Waals surface area contributed by atoms with E-state index in [1.54, 1.807) is 18.4 Å². The van der Waals surface area contributed by atoms with Crippen molar-refractivity contribution in [2.24, 2.45) is 5.92 Å². The number of benzene rings is 1. The maximum Gasteiger partial charge on any atom is 0.273 e. The summed E-state index contributed by atoms with van der Waals surface area (Å²) in [6.45, 7) is 4.98. The summed E-state index contributed by atoms with van der Waals surface area (Å²) in [5.41, 5.74) is 3.39. The Labute approximate surface area is 156 Å². The first-order valence-corrected chi connectivity index (χ1v) is 9.55. The molecular weight excluding hydrogens is 346 g/mol. The second kappa shape index (κ2) is 6.61. The molecule has 0 bridgehead atoms. The van der Waals surface area contributed by atoms with Gasteiger partial charge < -0.3 is 9.64 Å². The molecule has 3 aromatic rings. The topological polar surface area (TPSA) is 58.2 Å². The van der Waals surface area contributed by atoms with Crippen molar-refractivity contribution in [1.29, 1.82) is 0 Å². The van der Waals surface area contributed by atoms with Crippen LogP contribution in [0.25, 0.3) is 11.3 Å². The van der Waals surface area contributed by atoms with E-state index in [0.717, 1.165) is 27.4 Å². The third-order valence-corrected chi connectivity index (χ3v) is 5.53. The molecule has 5 nitrogen and oxygen atoms in total. The van der Waals surface area contributed by atoms with E-state index < -0.39 is 0 Å². The minimum Gasteiger partial charge on any atom is -0.497 e. The SMILES string of the molecule is COc1ccc(-c2n[nH]c3c2C(c2cccs2)N(CC(C)C)C3=O)cc1. The highest BCUT2D eigenvalue weighted by Crippen LogP contribution is 2.44. The summed E-state index contributed by atoms with van der Waals surface area (Å²) in [6.07, 6.45) is 0. The first-order valence-electron chi connectivity index (χ1n) is 8.67. The van der Waals surface area contributed by atoms with Crippen molar-refractivity contribution < 1.29 is 9.53 Å². The normalized spacial score (nSPS) is 16.4. The zero-order valence-corrected chi connectivity index (χ0v) is 15.8. The van der Waals surface area contributed by atoms with Gasteiger partial charge in [0.15, 0.2) is 0 Å². The van der Waals surface area contributed by atoms with E-state index in [2.05, 4.69) is 35.5 Å². The van der Waals surface area contributed by atoms with Crippen molar-refractivity contribution in [2.45, 2.75) is 19.9 Å². The Kier molecular flexibility index (Phi) is 4.28. The highest BCUT2D eigenvalue weighted by Gasteiger charge is 2.42. The van der Waals surface area contributed by atoms with Crippen molar-refractivity contribution in [2.75, 3.05) is 13.7 Å². The van der Waals surface area contributed by atoms with Crippen LogP contribution in [0.2, 0.25) is 0 Å². The number of ether oxygens (including phenoxy) is 1. The van der Waals surface area contributed by atoms with Gasteiger partial charge in [0.25, 0.3) is 5.91 Å². The van der Waals surface area contributed by atoms with Gasteiger partial charge in [0.05, 0.1) is 18.8 Å². The number of carbonyl (C=O) groups is 1. The lowest BCUT2D eigenvalue weighted by molar-refractivity contribution is 0.0724. The van der Waals surface area contributed by atoms with E-state index >= 15 is 0 Å². The maximum atomic E-state index is 13.0.